The van der Waals surface area contributed by atoms with Gasteiger partial charge in [0.1, 0.15) is 6.04 Å². The molecule has 3 heterocycles. The number of nitrogens with zero attached hydrogens (tertiary/aromatic N) is 2. The van der Waals surface area contributed by atoms with Gasteiger partial charge >= 0.3 is 0 Å². The minimum absolute atomic E-state index is 0.116. The molecule has 31 heavy (non-hydrogen) atoms. The van der Waals surface area contributed by atoms with Crippen LogP contribution in [0.25, 0.3) is 6.08 Å². The number of amides is 2. The van der Waals surface area contributed by atoms with E-state index in [2.05, 4.69) is 15.9 Å². The van der Waals surface area contributed by atoms with Crippen LogP contribution < -0.4 is 4.90 Å². The third kappa shape index (κ3) is 2.92. The highest BCUT2D eigenvalue weighted by atomic mass is 79.9. The van der Waals surface area contributed by atoms with Crippen LogP contribution in [0, 0.1) is 11.8 Å². The number of Topliss-reactive ketones (excluding diaryl/α,β-unsaturated/α-hetero) is 1. The van der Waals surface area contributed by atoms with Gasteiger partial charge in [-0.2, -0.15) is 0 Å². The van der Waals surface area contributed by atoms with E-state index in [1.807, 2.05) is 67.3 Å². The molecule has 0 N–H and O–H groups in total. The van der Waals surface area contributed by atoms with Gasteiger partial charge in [-0.25, -0.2) is 0 Å². The number of carbonyl (C=O) groups excluding carboxylic acids is 3. The predicted octanol–water partition coefficient (Wildman–Crippen LogP) is 4.32. The van der Waals surface area contributed by atoms with Crippen molar-refractivity contribution < 1.29 is 14.4 Å². The van der Waals surface area contributed by atoms with Gasteiger partial charge in [-0.15, -0.1) is 0 Å². The summed E-state index contributed by atoms with van der Waals surface area (Å²) in [6.45, 7) is 3.86. The van der Waals surface area contributed by atoms with Gasteiger partial charge in [0, 0.05) is 21.8 Å². The molecule has 5 nitrogen and oxygen atoms in total. The Labute approximate surface area is 189 Å². The summed E-state index contributed by atoms with van der Waals surface area (Å²) in [6, 6.07) is 13.7. The van der Waals surface area contributed by atoms with E-state index in [9.17, 15) is 14.4 Å². The first kappa shape index (κ1) is 20.2. The fourth-order valence-corrected chi connectivity index (χ4v) is 5.64. The van der Waals surface area contributed by atoms with Crippen LogP contribution in [-0.2, 0) is 9.59 Å². The van der Waals surface area contributed by atoms with Crippen molar-refractivity contribution in [3.8, 4) is 0 Å². The van der Waals surface area contributed by atoms with Crippen LogP contribution in [0.1, 0.15) is 36.2 Å². The Kier molecular flexibility index (Phi) is 4.85. The standard InChI is InChI=1S/C25H23BrN2O3/c1-3-14(2)27-24(30)20-19-11-9-16-13-17(26)10-12-18(16)28(19)22(21(20)25(27)31)23(29)15-7-5-4-6-8-15/h4-14,19-22H,3H2,1-2H3/t14-,19-,20-,21-,22+/m0/s1. The van der Waals surface area contributed by atoms with Crippen molar-refractivity contribution in [2.75, 3.05) is 4.90 Å². The molecule has 0 radical (unpaired) electrons. The summed E-state index contributed by atoms with van der Waals surface area (Å²) in [5.74, 6) is -1.73. The number of hydrogen-bond acceptors (Lipinski definition) is 4. The zero-order valence-corrected chi connectivity index (χ0v) is 19.0. The van der Waals surface area contributed by atoms with E-state index in [4.69, 9.17) is 0 Å². The summed E-state index contributed by atoms with van der Waals surface area (Å²) in [5, 5.41) is 0. The fraction of sp³-hybridized carbons (Fsp3) is 0.320. The molecule has 2 amide bonds. The average Bonchev–Trinajstić information content (AvgIpc) is 3.26. The SMILES string of the molecule is CC[C@H](C)N1C(=O)[C@@H]2[C@H](C1=O)[C@H](C(=O)c1ccccc1)N1c3ccc(Br)cc3C=C[C@@H]21. The van der Waals surface area contributed by atoms with Crippen LogP contribution in [0.15, 0.2) is 59.1 Å². The average molecular weight is 479 g/mol. The first-order valence-corrected chi connectivity index (χ1v) is 11.5. The summed E-state index contributed by atoms with van der Waals surface area (Å²) in [6.07, 6.45) is 4.67. The molecule has 2 aromatic carbocycles. The molecule has 3 aliphatic rings. The summed E-state index contributed by atoms with van der Waals surface area (Å²) < 4.78 is 0.940. The van der Waals surface area contributed by atoms with E-state index < -0.39 is 17.9 Å². The quantitative estimate of drug-likeness (QED) is 0.485. The van der Waals surface area contributed by atoms with E-state index in [-0.39, 0.29) is 29.7 Å². The summed E-state index contributed by atoms with van der Waals surface area (Å²) in [7, 11) is 0. The summed E-state index contributed by atoms with van der Waals surface area (Å²) >= 11 is 3.51. The summed E-state index contributed by atoms with van der Waals surface area (Å²) in [5.41, 5.74) is 2.41. The monoisotopic (exact) mass is 478 g/mol. The Bertz CT molecular complexity index is 1110. The van der Waals surface area contributed by atoms with Gasteiger partial charge < -0.3 is 4.90 Å². The van der Waals surface area contributed by atoms with Gasteiger partial charge in [0.15, 0.2) is 5.78 Å². The third-order valence-corrected chi connectivity index (χ3v) is 7.35. The van der Waals surface area contributed by atoms with Gasteiger partial charge in [-0.3, -0.25) is 19.3 Å². The number of hydrogen-bond donors (Lipinski definition) is 0. The second-order valence-corrected chi connectivity index (χ2v) is 9.41. The lowest BCUT2D eigenvalue weighted by Crippen LogP contribution is -2.50. The van der Waals surface area contributed by atoms with Gasteiger partial charge in [0.05, 0.1) is 17.9 Å². The number of ketones is 1. The van der Waals surface area contributed by atoms with E-state index in [1.54, 1.807) is 12.1 Å². The van der Waals surface area contributed by atoms with Crippen LogP contribution >= 0.6 is 15.9 Å². The number of benzene rings is 2. The number of imide groups is 1. The largest absolute Gasteiger partial charge is 0.352 e. The third-order valence-electron chi connectivity index (χ3n) is 6.86. The molecule has 5 atom stereocenters. The van der Waals surface area contributed by atoms with E-state index in [1.165, 1.54) is 4.90 Å². The Morgan fingerprint density at radius 1 is 1.06 bits per heavy atom. The normalized spacial score (nSPS) is 27.2. The molecule has 2 saturated heterocycles. The van der Waals surface area contributed by atoms with Crippen LogP contribution in [-0.4, -0.2) is 40.6 Å². The van der Waals surface area contributed by atoms with Crippen LogP contribution in [0.2, 0.25) is 0 Å². The van der Waals surface area contributed by atoms with Gasteiger partial charge in [-0.05, 0) is 37.1 Å². The maximum Gasteiger partial charge on any atom is 0.236 e. The van der Waals surface area contributed by atoms with E-state index >= 15 is 0 Å². The second-order valence-electron chi connectivity index (χ2n) is 8.49. The van der Waals surface area contributed by atoms with Crippen LogP contribution in [0.5, 0.6) is 0 Å². The highest BCUT2D eigenvalue weighted by molar-refractivity contribution is 9.10. The minimum Gasteiger partial charge on any atom is -0.352 e. The molecule has 3 aliphatic heterocycles. The Hall–Kier alpha value is -2.73. The number of anilines is 1. The zero-order chi connectivity index (χ0) is 21.9. The smallest absolute Gasteiger partial charge is 0.236 e. The lowest BCUT2D eigenvalue weighted by Gasteiger charge is -2.37. The van der Waals surface area contributed by atoms with Crippen molar-refractivity contribution >= 4 is 45.3 Å². The summed E-state index contributed by atoms with van der Waals surface area (Å²) in [4.78, 5) is 44.2. The topological polar surface area (TPSA) is 57.7 Å². The van der Waals surface area contributed by atoms with Gasteiger partial charge in [0.25, 0.3) is 0 Å². The molecule has 0 unspecified atom stereocenters. The second kappa shape index (κ2) is 7.45. The maximum absolute atomic E-state index is 13.8. The number of halogens is 1. The molecule has 6 heteroatoms. The highest BCUT2D eigenvalue weighted by Gasteiger charge is 2.64. The Morgan fingerprint density at radius 2 is 1.77 bits per heavy atom. The number of rotatable bonds is 4. The molecule has 5 rings (SSSR count). The fourth-order valence-electron chi connectivity index (χ4n) is 5.26. The number of fused-ring (bicyclic) bond motifs is 5. The Morgan fingerprint density at radius 3 is 2.48 bits per heavy atom. The van der Waals surface area contributed by atoms with Gasteiger partial charge in [-0.1, -0.05) is 65.3 Å². The molecule has 0 aliphatic carbocycles. The lowest BCUT2D eigenvalue weighted by atomic mass is 9.86. The molecule has 0 spiro atoms. The number of likely N-dealkylation sites (tertiary alicyclic amines) is 1. The van der Waals surface area contributed by atoms with Crippen molar-refractivity contribution in [2.24, 2.45) is 11.8 Å². The predicted molar refractivity (Wildman–Crippen MR) is 123 cm³/mol. The maximum atomic E-state index is 13.8. The number of carbonyl (C=O) groups is 3. The van der Waals surface area contributed by atoms with Crippen molar-refractivity contribution in [3.05, 3.63) is 70.2 Å². The van der Waals surface area contributed by atoms with Gasteiger partial charge in [0.2, 0.25) is 11.8 Å². The van der Waals surface area contributed by atoms with E-state index in [0.29, 0.717) is 12.0 Å². The van der Waals surface area contributed by atoms with Crippen molar-refractivity contribution in [3.63, 3.8) is 0 Å². The molecule has 0 saturated carbocycles. The first-order chi connectivity index (χ1) is 14.9. The molecule has 0 bridgehead atoms. The first-order valence-electron chi connectivity index (χ1n) is 10.7. The van der Waals surface area contributed by atoms with Crippen LogP contribution in [0.3, 0.4) is 0 Å². The molecule has 0 aromatic heterocycles. The lowest BCUT2D eigenvalue weighted by molar-refractivity contribution is -0.142. The van der Waals surface area contributed by atoms with Crippen LogP contribution in [0.4, 0.5) is 5.69 Å². The van der Waals surface area contributed by atoms with Crippen molar-refractivity contribution in [1.29, 1.82) is 0 Å². The molecular weight excluding hydrogens is 456 g/mol. The molecule has 2 aromatic rings. The van der Waals surface area contributed by atoms with E-state index in [0.717, 1.165) is 15.7 Å². The molecule has 2 fully saturated rings. The molecular formula is C25H23BrN2O3. The highest BCUT2D eigenvalue weighted by Crippen LogP contribution is 2.49. The minimum atomic E-state index is -0.715. The molecule has 158 valence electrons. The van der Waals surface area contributed by atoms with Crippen molar-refractivity contribution in [2.45, 2.75) is 38.4 Å². The Balaban J connectivity index is 1.66. The zero-order valence-electron chi connectivity index (χ0n) is 17.4. The van der Waals surface area contributed by atoms with Crippen molar-refractivity contribution in [1.82, 2.24) is 4.90 Å².